The monoisotopic (exact) mass is 327 g/mol. The Bertz CT molecular complexity index is 873. The van der Waals surface area contributed by atoms with Gasteiger partial charge in [-0.1, -0.05) is 23.5 Å². The summed E-state index contributed by atoms with van der Waals surface area (Å²) in [7, 11) is 0. The summed E-state index contributed by atoms with van der Waals surface area (Å²) in [6, 6.07) is 11.4. The Morgan fingerprint density at radius 1 is 1.30 bits per heavy atom. The van der Waals surface area contributed by atoms with Crippen LogP contribution in [0.4, 0.5) is 10.8 Å². The fourth-order valence-corrected chi connectivity index (χ4v) is 3.19. The second-order valence-corrected chi connectivity index (χ2v) is 6.41. The van der Waals surface area contributed by atoms with Gasteiger partial charge in [0, 0.05) is 5.69 Å². The van der Waals surface area contributed by atoms with Crippen molar-refractivity contribution in [1.29, 1.82) is 0 Å². The van der Waals surface area contributed by atoms with Crippen molar-refractivity contribution in [2.75, 3.05) is 17.7 Å². The Kier molecular flexibility index (Phi) is 4.16. The van der Waals surface area contributed by atoms with E-state index < -0.39 is 0 Å². The highest BCUT2D eigenvalue weighted by Crippen LogP contribution is 2.29. The maximum absolute atomic E-state index is 12.1. The zero-order valence-electron chi connectivity index (χ0n) is 12.9. The summed E-state index contributed by atoms with van der Waals surface area (Å²) in [5.74, 6) is 0.477. The first-order chi connectivity index (χ1) is 11.0. The number of anilines is 2. The Balaban J connectivity index is 1.68. The van der Waals surface area contributed by atoms with Crippen LogP contribution in [0.5, 0.6) is 5.75 Å². The summed E-state index contributed by atoms with van der Waals surface area (Å²) in [5, 5.41) is 3.37. The third-order valence-electron chi connectivity index (χ3n) is 3.35. The molecule has 0 unspecified atom stereocenters. The van der Waals surface area contributed by atoms with Gasteiger partial charge in [-0.15, -0.1) is 0 Å². The number of nitrogens with two attached hydrogens (primary N) is 1. The van der Waals surface area contributed by atoms with Crippen LogP contribution in [-0.2, 0) is 4.79 Å². The van der Waals surface area contributed by atoms with Gasteiger partial charge in [-0.3, -0.25) is 4.79 Å². The lowest BCUT2D eigenvalue weighted by molar-refractivity contribution is -0.118. The topological polar surface area (TPSA) is 77.2 Å². The Labute approximate surface area is 138 Å². The summed E-state index contributed by atoms with van der Waals surface area (Å²) in [6.07, 6.45) is 0. The first kappa shape index (κ1) is 15.3. The number of hydrogen-bond acceptors (Lipinski definition) is 5. The number of nitrogen functional groups attached to an aromatic ring is 1. The molecule has 0 bridgehead atoms. The summed E-state index contributed by atoms with van der Waals surface area (Å²) in [4.78, 5) is 16.3. The number of fused-ring (bicyclic) bond motifs is 1. The Morgan fingerprint density at radius 2 is 2.13 bits per heavy atom. The number of amides is 1. The van der Waals surface area contributed by atoms with Crippen molar-refractivity contribution in [1.82, 2.24) is 4.98 Å². The van der Waals surface area contributed by atoms with Crippen LogP contribution >= 0.6 is 11.3 Å². The molecule has 1 amide bonds. The molecular weight excluding hydrogens is 310 g/mol. The number of aromatic nitrogens is 1. The molecule has 118 valence electrons. The van der Waals surface area contributed by atoms with Crippen molar-refractivity contribution in [3.05, 3.63) is 47.5 Å². The van der Waals surface area contributed by atoms with Gasteiger partial charge < -0.3 is 15.8 Å². The van der Waals surface area contributed by atoms with E-state index in [1.165, 1.54) is 11.3 Å². The number of nitrogens with zero attached hydrogens (tertiary/aromatic N) is 1. The largest absolute Gasteiger partial charge is 0.484 e. The minimum absolute atomic E-state index is 0.0363. The summed E-state index contributed by atoms with van der Waals surface area (Å²) >= 11 is 1.40. The molecule has 0 aliphatic carbocycles. The third-order valence-corrected chi connectivity index (χ3v) is 4.18. The van der Waals surface area contributed by atoms with Crippen molar-refractivity contribution in [2.45, 2.75) is 13.8 Å². The van der Waals surface area contributed by atoms with Gasteiger partial charge in [0.25, 0.3) is 5.91 Å². The molecule has 0 saturated heterocycles. The molecule has 1 aromatic heterocycles. The second-order valence-electron chi connectivity index (χ2n) is 5.35. The highest BCUT2D eigenvalue weighted by atomic mass is 32.1. The molecule has 6 heteroatoms. The van der Waals surface area contributed by atoms with Crippen molar-refractivity contribution >= 4 is 38.3 Å². The van der Waals surface area contributed by atoms with Gasteiger partial charge in [0.05, 0.1) is 10.2 Å². The van der Waals surface area contributed by atoms with E-state index >= 15 is 0 Å². The van der Waals surface area contributed by atoms with Crippen LogP contribution in [0.15, 0.2) is 36.4 Å². The Morgan fingerprint density at radius 3 is 2.91 bits per heavy atom. The number of benzene rings is 2. The molecule has 2 aromatic carbocycles. The predicted molar refractivity (Wildman–Crippen MR) is 94.1 cm³/mol. The van der Waals surface area contributed by atoms with Crippen molar-refractivity contribution < 1.29 is 9.53 Å². The van der Waals surface area contributed by atoms with Gasteiger partial charge in [-0.25, -0.2) is 4.98 Å². The van der Waals surface area contributed by atoms with Crippen molar-refractivity contribution in [3.63, 3.8) is 0 Å². The summed E-state index contributed by atoms with van der Waals surface area (Å²) in [5.41, 5.74) is 9.40. The highest BCUT2D eigenvalue weighted by molar-refractivity contribution is 7.22. The van der Waals surface area contributed by atoms with E-state index in [9.17, 15) is 4.79 Å². The van der Waals surface area contributed by atoms with E-state index in [1.54, 1.807) is 0 Å². The van der Waals surface area contributed by atoms with Crippen LogP contribution in [0.2, 0.25) is 0 Å². The molecule has 0 aliphatic heterocycles. The fourth-order valence-electron chi connectivity index (χ4n) is 2.34. The average molecular weight is 327 g/mol. The smallest absolute Gasteiger partial charge is 0.262 e. The first-order valence-corrected chi connectivity index (χ1v) is 7.99. The molecule has 0 aliphatic rings. The average Bonchev–Trinajstić information content (AvgIpc) is 2.86. The minimum atomic E-state index is -0.206. The molecule has 0 atom stereocenters. The normalized spacial score (nSPS) is 10.7. The molecule has 0 radical (unpaired) electrons. The predicted octanol–water partition coefficient (Wildman–Crippen LogP) is 3.51. The SMILES string of the molecule is Cc1cccc(OCC(=O)Nc2cc(C)c3nc(N)sc3c2)c1. The summed E-state index contributed by atoms with van der Waals surface area (Å²) < 4.78 is 6.46. The lowest BCUT2D eigenvalue weighted by Gasteiger charge is -2.09. The maximum atomic E-state index is 12.1. The second kappa shape index (κ2) is 6.26. The van der Waals surface area contributed by atoms with Gasteiger partial charge >= 0.3 is 0 Å². The van der Waals surface area contributed by atoms with Gasteiger partial charge in [-0.05, 0) is 49.2 Å². The van der Waals surface area contributed by atoms with Crippen LogP contribution < -0.4 is 15.8 Å². The molecule has 0 fully saturated rings. The highest BCUT2D eigenvalue weighted by Gasteiger charge is 2.09. The molecule has 0 spiro atoms. The molecular formula is C17H17N3O2S. The van der Waals surface area contributed by atoms with Crippen LogP contribution in [0.3, 0.4) is 0 Å². The minimum Gasteiger partial charge on any atom is -0.484 e. The van der Waals surface area contributed by atoms with Gasteiger partial charge in [-0.2, -0.15) is 0 Å². The number of carbonyl (C=O) groups is 1. The molecule has 23 heavy (non-hydrogen) atoms. The van der Waals surface area contributed by atoms with Crippen molar-refractivity contribution in [3.8, 4) is 5.75 Å². The first-order valence-electron chi connectivity index (χ1n) is 7.17. The molecule has 3 N–H and O–H groups in total. The number of rotatable bonds is 4. The van der Waals surface area contributed by atoms with E-state index in [-0.39, 0.29) is 12.5 Å². The van der Waals surface area contributed by atoms with Crippen molar-refractivity contribution in [2.24, 2.45) is 0 Å². The standard InChI is InChI=1S/C17H17N3O2S/c1-10-4-3-5-13(6-10)22-9-15(21)19-12-7-11(2)16-14(8-12)23-17(18)20-16/h3-8H,9H2,1-2H3,(H2,18,20)(H,19,21). The van der Waals surface area contributed by atoms with Crippen LogP contribution in [0, 0.1) is 13.8 Å². The molecule has 0 saturated carbocycles. The lowest BCUT2D eigenvalue weighted by Crippen LogP contribution is -2.20. The number of carbonyl (C=O) groups excluding carboxylic acids is 1. The summed E-state index contributed by atoms with van der Waals surface area (Å²) in [6.45, 7) is 3.89. The maximum Gasteiger partial charge on any atom is 0.262 e. The van der Waals surface area contributed by atoms with E-state index in [1.807, 2.05) is 50.2 Å². The number of ether oxygens (including phenoxy) is 1. The molecule has 3 rings (SSSR count). The van der Waals surface area contributed by atoms with Crippen LogP contribution in [0.1, 0.15) is 11.1 Å². The Hall–Kier alpha value is -2.60. The van der Waals surface area contributed by atoms with Gasteiger partial charge in [0.2, 0.25) is 0 Å². The molecule has 3 aromatic rings. The number of aryl methyl sites for hydroxylation is 2. The van der Waals surface area contributed by atoms with E-state index in [2.05, 4.69) is 10.3 Å². The van der Waals surface area contributed by atoms with Gasteiger partial charge in [0.15, 0.2) is 11.7 Å². The fraction of sp³-hybridized carbons (Fsp3) is 0.176. The zero-order chi connectivity index (χ0) is 16.4. The molecule has 1 heterocycles. The number of nitrogens with one attached hydrogen (secondary N) is 1. The number of hydrogen-bond donors (Lipinski definition) is 2. The zero-order valence-corrected chi connectivity index (χ0v) is 13.7. The van der Waals surface area contributed by atoms with Crippen LogP contribution in [0.25, 0.3) is 10.2 Å². The molecule has 5 nitrogen and oxygen atoms in total. The number of thiazole rings is 1. The van der Waals surface area contributed by atoms with E-state index in [4.69, 9.17) is 10.5 Å². The third kappa shape index (κ3) is 3.60. The van der Waals surface area contributed by atoms with Gasteiger partial charge in [0.1, 0.15) is 5.75 Å². The van der Waals surface area contributed by atoms with E-state index in [0.717, 1.165) is 27.0 Å². The lowest BCUT2D eigenvalue weighted by atomic mass is 10.2. The van der Waals surface area contributed by atoms with Crippen LogP contribution in [-0.4, -0.2) is 17.5 Å². The van der Waals surface area contributed by atoms with E-state index in [0.29, 0.717) is 10.9 Å². The quantitative estimate of drug-likeness (QED) is 0.769.